The van der Waals surface area contributed by atoms with Crippen LogP contribution in [0, 0.1) is 24.6 Å². The maximum absolute atomic E-state index is 13.3. The summed E-state index contributed by atoms with van der Waals surface area (Å²) < 4.78 is 25.4. The fraction of sp³-hybridized carbons (Fsp3) is 0.682. The number of rotatable bonds is 6. The van der Waals surface area contributed by atoms with Gasteiger partial charge in [0.25, 0.3) is 5.91 Å². The molecule has 1 aromatic rings. The Bertz CT molecular complexity index is 680. The highest BCUT2D eigenvalue weighted by Gasteiger charge is 2.46. The minimum absolute atomic E-state index is 0.00432. The van der Waals surface area contributed by atoms with E-state index in [4.69, 9.17) is 9.47 Å². The Morgan fingerprint density at radius 2 is 2.07 bits per heavy atom. The molecule has 3 aliphatic rings. The van der Waals surface area contributed by atoms with Gasteiger partial charge in [-0.05, 0) is 81.0 Å². The van der Waals surface area contributed by atoms with Crippen LogP contribution in [0.1, 0.15) is 54.4 Å². The Labute approximate surface area is 161 Å². The van der Waals surface area contributed by atoms with Crippen molar-refractivity contribution in [3.63, 3.8) is 0 Å². The molecule has 4 nitrogen and oxygen atoms in total. The number of hydrogen-bond acceptors (Lipinski definition) is 3. The number of carbonyl (C=O) groups excluding carboxylic acids is 1. The first-order valence-electron chi connectivity index (χ1n) is 10.3. The first kappa shape index (κ1) is 18.9. The molecule has 2 aliphatic heterocycles. The molecule has 1 amide bonds. The van der Waals surface area contributed by atoms with Crippen LogP contribution < -0.4 is 0 Å². The maximum Gasteiger partial charge on any atom is 0.254 e. The highest BCUT2D eigenvalue weighted by atomic mass is 19.1. The van der Waals surface area contributed by atoms with E-state index in [1.807, 2.05) is 4.90 Å². The van der Waals surface area contributed by atoms with Crippen LogP contribution in [-0.2, 0) is 9.47 Å². The molecule has 2 heterocycles. The molecule has 5 heteroatoms. The highest BCUT2D eigenvalue weighted by molar-refractivity contribution is 5.95. The van der Waals surface area contributed by atoms with Crippen LogP contribution in [0.25, 0.3) is 0 Å². The molecular weight excluding hydrogens is 345 g/mol. The van der Waals surface area contributed by atoms with Crippen molar-refractivity contribution < 1.29 is 18.7 Å². The van der Waals surface area contributed by atoms with E-state index in [9.17, 15) is 9.18 Å². The van der Waals surface area contributed by atoms with Crippen LogP contribution in [0.4, 0.5) is 4.39 Å². The van der Waals surface area contributed by atoms with Gasteiger partial charge in [0.15, 0.2) is 0 Å². The minimum Gasteiger partial charge on any atom is -0.381 e. The summed E-state index contributed by atoms with van der Waals surface area (Å²) in [6.45, 7) is 5.76. The van der Waals surface area contributed by atoms with E-state index in [1.165, 1.54) is 25.0 Å². The third kappa shape index (κ3) is 4.19. The Morgan fingerprint density at radius 1 is 1.30 bits per heavy atom. The summed E-state index contributed by atoms with van der Waals surface area (Å²) in [5.74, 6) is 1.04. The quantitative estimate of drug-likeness (QED) is 0.707. The lowest BCUT2D eigenvalue weighted by Crippen LogP contribution is -2.49. The van der Waals surface area contributed by atoms with Gasteiger partial charge in [0.1, 0.15) is 5.82 Å². The summed E-state index contributed by atoms with van der Waals surface area (Å²) in [4.78, 5) is 14.7. The highest BCUT2D eigenvalue weighted by Crippen LogP contribution is 2.42. The summed E-state index contributed by atoms with van der Waals surface area (Å²) in [6, 6.07) is 4.39. The lowest BCUT2D eigenvalue weighted by atomic mass is 9.78. The van der Waals surface area contributed by atoms with Crippen LogP contribution in [0.2, 0.25) is 0 Å². The Kier molecular flexibility index (Phi) is 5.51. The molecule has 4 rings (SSSR count). The molecule has 27 heavy (non-hydrogen) atoms. The van der Waals surface area contributed by atoms with Crippen molar-refractivity contribution in [2.75, 3.05) is 32.9 Å². The molecular formula is C22H30FNO3. The normalized spacial score (nSPS) is 24.5. The number of hydrogen-bond donors (Lipinski definition) is 0. The first-order chi connectivity index (χ1) is 13.1. The number of piperidine rings is 1. The van der Waals surface area contributed by atoms with Crippen molar-refractivity contribution in [1.29, 1.82) is 0 Å². The number of amides is 1. The topological polar surface area (TPSA) is 38.8 Å². The zero-order chi connectivity index (χ0) is 18.9. The van der Waals surface area contributed by atoms with Gasteiger partial charge >= 0.3 is 0 Å². The molecule has 1 atom stereocenters. The second-order valence-corrected chi connectivity index (χ2v) is 8.46. The lowest BCUT2D eigenvalue weighted by Gasteiger charge is -2.42. The Balaban J connectivity index is 1.32. The summed E-state index contributed by atoms with van der Waals surface area (Å²) in [6.07, 6.45) is 6.57. The van der Waals surface area contributed by atoms with Gasteiger partial charge in [-0.3, -0.25) is 4.79 Å². The predicted molar refractivity (Wildman–Crippen MR) is 101 cm³/mol. The second kappa shape index (κ2) is 7.88. The van der Waals surface area contributed by atoms with Crippen molar-refractivity contribution >= 4 is 5.91 Å². The van der Waals surface area contributed by atoms with E-state index in [0.717, 1.165) is 51.4 Å². The maximum atomic E-state index is 13.3. The Morgan fingerprint density at radius 3 is 2.78 bits per heavy atom. The number of benzene rings is 1. The van der Waals surface area contributed by atoms with Gasteiger partial charge in [-0.15, -0.1) is 0 Å². The number of halogens is 1. The summed E-state index contributed by atoms with van der Waals surface area (Å²) in [5, 5.41) is 0. The third-order valence-corrected chi connectivity index (χ3v) is 6.58. The van der Waals surface area contributed by atoms with Crippen LogP contribution in [0.3, 0.4) is 0 Å². The average Bonchev–Trinajstić information content (AvgIpc) is 3.41. The average molecular weight is 375 g/mol. The van der Waals surface area contributed by atoms with Crippen molar-refractivity contribution in [3.8, 4) is 0 Å². The van der Waals surface area contributed by atoms with E-state index < -0.39 is 0 Å². The van der Waals surface area contributed by atoms with Crippen LogP contribution in [0.15, 0.2) is 18.2 Å². The van der Waals surface area contributed by atoms with Crippen molar-refractivity contribution in [2.24, 2.45) is 11.8 Å². The molecule has 2 saturated heterocycles. The standard InChI is InChI=1S/C22H30FNO3/c1-16-14-19(23)4-5-20(16)21(25)24-10-8-22(9-11-24)18(7-13-27-22)6-12-26-15-17-2-3-17/h4-5,14,17-18H,2-3,6-13,15H2,1H3/t18-/m1/s1. The number of ether oxygens (including phenoxy) is 2. The van der Waals surface area contributed by atoms with Gasteiger partial charge in [-0.25, -0.2) is 4.39 Å². The van der Waals surface area contributed by atoms with Gasteiger partial charge in [0.2, 0.25) is 0 Å². The molecule has 0 bridgehead atoms. The number of aryl methyl sites for hydroxylation is 1. The molecule has 1 saturated carbocycles. The van der Waals surface area contributed by atoms with E-state index in [1.54, 1.807) is 13.0 Å². The Hall–Kier alpha value is -1.46. The van der Waals surface area contributed by atoms with Crippen LogP contribution in [0.5, 0.6) is 0 Å². The molecule has 0 aromatic heterocycles. The monoisotopic (exact) mass is 375 g/mol. The second-order valence-electron chi connectivity index (χ2n) is 8.46. The number of carbonyl (C=O) groups is 1. The summed E-state index contributed by atoms with van der Waals surface area (Å²) >= 11 is 0. The molecule has 148 valence electrons. The number of likely N-dealkylation sites (tertiary alicyclic amines) is 1. The van der Waals surface area contributed by atoms with Gasteiger partial charge in [-0.1, -0.05) is 0 Å². The van der Waals surface area contributed by atoms with Gasteiger partial charge in [-0.2, -0.15) is 0 Å². The molecule has 0 unspecified atom stereocenters. The van der Waals surface area contributed by atoms with Crippen molar-refractivity contribution in [1.82, 2.24) is 4.90 Å². The van der Waals surface area contributed by atoms with Crippen molar-refractivity contribution in [3.05, 3.63) is 35.1 Å². The van der Waals surface area contributed by atoms with Crippen LogP contribution in [-0.4, -0.2) is 49.3 Å². The third-order valence-electron chi connectivity index (χ3n) is 6.58. The zero-order valence-electron chi connectivity index (χ0n) is 16.2. The van der Waals surface area contributed by atoms with Gasteiger partial charge in [0.05, 0.1) is 5.60 Å². The van der Waals surface area contributed by atoms with Crippen molar-refractivity contribution in [2.45, 2.75) is 51.0 Å². The predicted octanol–water partition coefficient (Wildman–Crippen LogP) is 3.96. The molecule has 3 fully saturated rings. The van der Waals surface area contributed by atoms with Crippen LogP contribution >= 0.6 is 0 Å². The van der Waals surface area contributed by atoms with Gasteiger partial charge < -0.3 is 14.4 Å². The lowest BCUT2D eigenvalue weighted by molar-refractivity contribution is -0.0672. The summed E-state index contributed by atoms with van der Waals surface area (Å²) in [5.41, 5.74) is 1.21. The number of nitrogens with zero attached hydrogens (tertiary/aromatic N) is 1. The fourth-order valence-electron chi connectivity index (χ4n) is 4.63. The van der Waals surface area contributed by atoms with E-state index in [2.05, 4.69) is 0 Å². The SMILES string of the molecule is Cc1cc(F)ccc1C(=O)N1CCC2(CC1)OCC[C@H]2CCOCC1CC1. The summed E-state index contributed by atoms with van der Waals surface area (Å²) in [7, 11) is 0. The van der Waals surface area contributed by atoms with Gasteiger partial charge in [0, 0.05) is 38.5 Å². The molecule has 1 aromatic carbocycles. The van der Waals surface area contributed by atoms with E-state index >= 15 is 0 Å². The minimum atomic E-state index is -0.298. The fourth-order valence-corrected chi connectivity index (χ4v) is 4.63. The molecule has 0 N–H and O–H groups in total. The molecule has 1 spiro atoms. The first-order valence-corrected chi connectivity index (χ1v) is 10.3. The molecule has 1 aliphatic carbocycles. The smallest absolute Gasteiger partial charge is 0.254 e. The largest absolute Gasteiger partial charge is 0.381 e. The zero-order valence-corrected chi connectivity index (χ0v) is 16.2. The van der Waals surface area contributed by atoms with E-state index in [0.29, 0.717) is 30.1 Å². The van der Waals surface area contributed by atoms with E-state index in [-0.39, 0.29) is 17.3 Å². The molecule has 0 radical (unpaired) electrons.